The summed E-state index contributed by atoms with van der Waals surface area (Å²) >= 11 is 1.45. The smallest absolute Gasteiger partial charge is 0.261 e. The second-order valence-corrected chi connectivity index (χ2v) is 7.30. The number of aromatic nitrogens is 2. The van der Waals surface area contributed by atoms with Gasteiger partial charge in [0.05, 0.1) is 17.7 Å². The number of methoxy groups -OCH3 is 1. The van der Waals surface area contributed by atoms with E-state index in [1.165, 1.54) is 11.3 Å². The lowest BCUT2D eigenvalue weighted by atomic mass is 10.3. The standard InChI is InChI=1S/C18H22N4O2S/c1-11(2)19-16(23)15-10-14-17(25-15)22(18(20-14)21(3)4)12-6-8-13(24-5)9-7-12/h6-11H,1-5H3,(H,19,23). The van der Waals surface area contributed by atoms with Crippen molar-refractivity contribution in [2.24, 2.45) is 0 Å². The quantitative estimate of drug-likeness (QED) is 0.760. The topological polar surface area (TPSA) is 59.4 Å². The van der Waals surface area contributed by atoms with Crippen molar-refractivity contribution in [3.63, 3.8) is 0 Å². The van der Waals surface area contributed by atoms with Crippen LogP contribution in [-0.2, 0) is 0 Å². The van der Waals surface area contributed by atoms with E-state index in [1.54, 1.807) is 7.11 Å². The molecule has 1 aromatic carbocycles. The first kappa shape index (κ1) is 17.3. The van der Waals surface area contributed by atoms with E-state index < -0.39 is 0 Å². The maximum absolute atomic E-state index is 12.3. The van der Waals surface area contributed by atoms with Gasteiger partial charge in [-0.15, -0.1) is 11.3 Å². The molecule has 0 spiro atoms. The maximum Gasteiger partial charge on any atom is 0.261 e. The first-order chi connectivity index (χ1) is 11.9. The number of nitrogens with zero attached hydrogens (tertiary/aromatic N) is 3. The molecule has 0 saturated carbocycles. The van der Waals surface area contributed by atoms with Gasteiger partial charge in [-0.1, -0.05) is 0 Å². The molecule has 0 aliphatic heterocycles. The third-order valence-electron chi connectivity index (χ3n) is 3.69. The van der Waals surface area contributed by atoms with Crippen LogP contribution < -0.4 is 15.0 Å². The molecule has 0 saturated heterocycles. The predicted octanol–water partition coefficient (Wildman–Crippen LogP) is 3.30. The summed E-state index contributed by atoms with van der Waals surface area (Å²) in [6.07, 6.45) is 0. The van der Waals surface area contributed by atoms with E-state index in [0.29, 0.717) is 4.88 Å². The molecule has 7 heteroatoms. The van der Waals surface area contributed by atoms with Crippen LogP contribution in [-0.4, -0.2) is 42.7 Å². The number of carbonyl (C=O) groups excluding carboxylic acids is 1. The van der Waals surface area contributed by atoms with Gasteiger partial charge in [-0.25, -0.2) is 4.98 Å². The van der Waals surface area contributed by atoms with Gasteiger partial charge in [0.1, 0.15) is 16.1 Å². The monoisotopic (exact) mass is 358 g/mol. The average molecular weight is 358 g/mol. The minimum atomic E-state index is -0.0642. The first-order valence-corrected chi connectivity index (χ1v) is 8.87. The van der Waals surface area contributed by atoms with Crippen LogP contribution in [0, 0.1) is 0 Å². The fourth-order valence-corrected chi connectivity index (χ4v) is 3.59. The highest BCUT2D eigenvalue weighted by molar-refractivity contribution is 7.20. The number of ether oxygens (including phenoxy) is 1. The van der Waals surface area contributed by atoms with Crippen LogP contribution in [0.4, 0.5) is 5.95 Å². The fourth-order valence-electron chi connectivity index (χ4n) is 2.57. The molecular formula is C18H22N4O2S. The molecule has 0 fully saturated rings. The van der Waals surface area contributed by atoms with Crippen LogP contribution in [0.15, 0.2) is 30.3 Å². The molecule has 3 aromatic rings. The number of nitrogens with one attached hydrogen (secondary N) is 1. The van der Waals surface area contributed by atoms with Gasteiger partial charge in [0, 0.05) is 20.1 Å². The van der Waals surface area contributed by atoms with Crippen LogP contribution >= 0.6 is 11.3 Å². The van der Waals surface area contributed by atoms with Gasteiger partial charge < -0.3 is 15.0 Å². The number of amides is 1. The molecule has 25 heavy (non-hydrogen) atoms. The Morgan fingerprint density at radius 3 is 2.52 bits per heavy atom. The van der Waals surface area contributed by atoms with Crippen molar-refractivity contribution in [1.82, 2.24) is 14.9 Å². The number of rotatable bonds is 5. The Bertz CT molecular complexity index is 894. The number of thiophene rings is 1. The molecule has 2 aromatic heterocycles. The molecule has 6 nitrogen and oxygen atoms in total. The number of hydrogen-bond donors (Lipinski definition) is 1. The van der Waals surface area contributed by atoms with Gasteiger partial charge in [-0.3, -0.25) is 9.36 Å². The summed E-state index contributed by atoms with van der Waals surface area (Å²) in [5.41, 5.74) is 1.79. The van der Waals surface area contributed by atoms with Gasteiger partial charge in [-0.05, 0) is 44.2 Å². The molecule has 1 N–H and O–H groups in total. The lowest BCUT2D eigenvalue weighted by molar-refractivity contribution is 0.0947. The fraction of sp³-hybridized carbons (Fsp3) is 0.333. The molecule has 0 aliphatic carbocycles. The number of carbonyl (C=O) groups is 1. The summed E-state index contributed by atoms with van der Waals surface area (Å²) < 4.78 is 7.30. The van der Waals surface area contributed by atoms with Gasteiger partial charge in [0.2, 0.25) is 5.95 Å². The molecule has 132 valence electrons. The highest BCUT2D eigenvalue weighted by Gasteiger charge is 2.20. The number of fused-ring (bicyclic) bond motifs is 1. The first-order valence-electron chi connectivity index (χ1n) is 8.05. The van der Waals surface area contributed by atoms with Gasteiger partial charge in [0.25, 0.3) is 5.91 Å². The summed E-state index contributed by atoms with van der Waals surface area (Å²) in [7, 11) is 5.56. The highest BCUT2D eigenvalue weighted by atomic mass is 32.1. The Kier molecular flexibility index (Phi) is 4.67. The van der Waals surface area contributed by atoms with E-state index in [4.69, 9.17) is 9.72 Å². The minimum absolute atomic E-state index is 0.0642. The number of hydrogen-bond acceptors (Lipinski definition) is 5. The lowest BCUT2D eigenvalue weighted by Crippen LogP contribution is -2.29. The van der Waals surface area contributed by atoms with Crippen LogP contribution in [0.3, 0.4) is 0 Å². The van der Waals surface area contributed by atoms with Crippen molar-refractivity contribution in [1.29, 1.82) is 0 Å². The zero-order valence-corrected chi connectivity index (χ0v) is 15.8. The summed E-state index contributed by atoms with van der Waals surface area (Å²) in [6.45, 7) is 3.90. The second kappa shape index (κ2) is 6.76. The maximum atomic E-state index is 12.3. The largest absolute Gasteiger partial charge is 0.497 e. The third kappa shape index (κ3) is 3.32. The van der Waals surface area contributed by atoms with Crippen LogP contribution in [0.2, 0.25) is 0 Å². The molecule has 0 radical (unpaired) electrons. The van der Waals surface area contributed by atoms with Crippen LogP contribution in [0.5, 0.6) is 5.75 Å². The summed E-state index contributed by atoms with van der Waals surface area (Å²) in [6, 6.07) is 9.76. The van der Waals surface area contributed by atoms with Crippen molar-refractivity contribution >= 4 is 33.5 Å². The Labute approximate surface area is 151 Å². The Hall–Kier alpha value is -2.54. The number of anilines is 1. The van der Waals surface area contributed by atoms with Gasteiger partial charge >= 0.3 is 0 Å². The summed E-state index contributed by atoms with van der Waals surface area (Å²) in [5.74, 6) is 1.56. The average Bonchev–Trinajstić information content (AvgIpc) is 3.12. The Balaban J connectivity index is 2.11. The molecule has 3 rings (SSSR count). The van der Waals surface area contributed by atoms with E-state index >= 15 is 0 Å². The SMILES string of the molecule is COc1ccc(-n2c(N(C)C)nc3cc(C(=O)NC(C)C)sc32)cc1. The van der Waals surface area contributed by atoms with Crippen molar-refractivity contribution < 1.29 is 9.53 Å². The highest BCUT2D eigenvalue weighted by Crippen LogP contribution is 2.33. The molecule has 0 atom stereocenters. The van der Waals surface area contributed by atoms with Gasteiger partial charge in [-0.2, -0.15) is 0 Å². The predicted molar refractivity (Wildman–Crippen MR) is 102 cm³/mol. The van der Waals surface area contributed by atoms with Crippen molar-refractivity contribution in [2.75, 3.05) is 26.1 Å². The summed E-state index contributed by atoms with van der Waals surface area (Å²) in [4.78, 5) is 20.6. The Morgan fingerprint density at radius 2 is 1.96 bits per heavy atom. The normalized spacial score (nSPS) is 11.1. The number of imidazole rings is 1. The van der Waals surface area contributed by atoms with Crippen molar-refractivity contribution in [3.05, 3.63) is 35.2 Å². The second-order valence-electron chi connectivity index (χ2n) is 6.27. The van der Waals surface area contributed by atoms with E-state index in [-0.39, 0.29) is 11.9 Å². The molecule has 0 bridgehead atoms. The number of benzene rings is 1. The van der Waals surface area contributed by atoms with E-state index in [1.807, 2.05) is 63.2 Å². The van der Waals surface area contributed by atoms with Crippen LogP contribution in [0.25, 0.3) is 16.0 Å². The van der Waals surface area contributed by atoms with E-state index in [9.17, 15) is 4.79 Å². The molecule has 0 unspecified atom stereocenters. The van der Waals surface area contributed by atoms with Crippen molar-refractivity contribution in [2.45, 2.75) is 19.9 Å². The Morgan fingerprint density at radius 1 is 1.28 bits per heavy atom. The van der Waals surface area contributed by atoms with Crippen molar-refractivity contribution in [3.8, 4) is 11.4 Å². The molecule has 0 aliphatic rings. The molecular weight excluding hydrogens is 336 g/mol. The molecule has 2 heterocycles. The lowest BCUT2D eigenvalue weighted by Gasteiger charge is -2.15. The summed E-state index contributed by atoms with van der Waals surface area (Å²) in [5, 5.41) is 2.93. The zero-order valence-electron chi connectivity index (χ0n) is 15.0. The van der Waals surface area contributed by atoms with E-state index in [2.05, 4.69) is 9.88 Å². The molecule has 1 amide bonds. The van der Waals surface area contributed by atoms with Crippen LogP contribution in [0.1, 0.15) is 23.5 Å². The third-order valence-corrected chi connectivity index (χ3v) is 4.80. The minimum Gasteiger partial charge on any atom is -0.497 e. The van der Waals surface area contributed by atoms with Gasteiger partial charge in [0.15, 0.2) is 0 Å². The van der Waals surface area contributed by atoms with E-state index in [0.717, 1.165) is 27.7 Å². The zero-order chi connectivity index (χ0) is 18.1.